The molecule has 0 aliphatic heterocycles. The average molecular weight is 283 g/mol. The van der Waals surface area contributed by atoms with Gasteiger partial charge in [-0.25, -0.2) is 0 Å². The number of benzene rings is 2. The number of hydrogen-bond donors (Lipinski definition) is 3. The Bertz CT molecular complexity index is 596. The van der Waals surface area contributed by atoms with Crippen molar-refractivity contribution in [3.8, 4) is 0 Å². The van der Waals surface area contributed by atoms with Gasteiger partial charge in [0, 0.05) is 19.2 Å². The summed E-state index contributed by atoms with van der Waals surface area (Å²) in [4.78, 5) is 11.5. The van der Waals surface area contributed by atoms with E-state index in [4.69, 9.17) is 5.73 Å². The summed E-state index contributed by atoms with van der Waals surface area (Å²) in [5, 5.41) is 5.89. The van der Waals surface area contributed by atoms with Crippen LogP contribution >= 0.6 is 0 Å². The van der Waals surface area contributed by atoms with Crippen LogP contribution in [0.1, 0.15) is 22.3 Å². The second-order valence-electron chi connectivity index (χ2n) is 4.90. The van der Waals surface area contributed by atoms with Crippen molar-refractivity contribution in [1.29, 1.82) is 0 Å². The number of carbonyl (C=O) groups excluding carboxylic acids is 1. The summed E-state index contributed by atoms with van der Waals surface area (Å²) in [7, 11) is 1.61. The van der Waals surface area contributed by atoms with Crippen LogP contribution in [0.3, 0.4) is 0 Å². The maximum atomic E-state index is 11.5. The molecule has 0 aliphatic rings. The van der Waals surface area contributed by atoms with E-state index in [0.717, 1.165) is 25.1 Å². The van der Waals surface area contributed by atoms with E-state index in [1.54, 1.807) is 19.2 Å². The molecule has 0 saturated carbocycles. The fourth-order valence-electron chi connectivity index (χ4n) is 2.17. The quantitative estimate of drug-likeness (QED) is 0.564. The van der Waals surface area contributed by atoms with Crippen molar-refractivity contribution in [2.24, 2.45) is 0 Å². The molecule has 21 heavy (non-hydrogen) atoms. The van der Waals surface area contributed by atoms with E-state index in [0.29, 0.717) is 11.3 Å². The van der Waals surface area contributed by atoms with Gasteiger partial charge in [0.05, 0.1) is 11.4 Å². The number of carbonyl (C=O) groups is 1. The monoisotopic (exact) mass is 283 g/mol. The molecule has 0 unspecified atom stereocenters. The summed E-state index contributed by atoms with van der Waals surface area (Å²) >= 11 is 0. The third kappa shape index (κ3) is 4.24. The molecule has 0 atom stereocenters. The van der Waals surface area contributed by atoms with Crippen LogP contribution in [0, 0.1) is 0 Å². The highest BCUT2D eigenvalue weighted by Gasteiger charge is 2.06. The van der Waals surface area contributed by atoms with E-state index in [1.165, 1.54) is 5.56 Å². The Hall–Kier alpha value is -2.49. The number of amides is 1. The van der Waals surface area contributed by atoms with Crippen LogP contribution in [-0.4, -0.2) is 19.5 Å². The van der Waals surface area contributed by atoms with Gasteiger partial charge in [0.25, 0.3) is 5.91 Å². The highest BCUT2D eigenvalue weighted by atomic mass is 16.1. The lowest BCUT2D eigenvalue weighted by Gasteiger charge is -2.10. The van der Waals surface area contributed by atoms with Crippen LogP contribution in [-0.2, 0) is 6.42 Å². The molecular weight excluding hydrogens is 262 g/mol. The molecule has 0 fully saturated rings. The van der Waals surface area contributed by atoms with Gasteiger partial charge in [0.15, 0.2) is 0 Å². The van der Waals surface area contributed by atoms with Crippen molar-refractivity contribution in [2.75, 3.05) is 24.6 Å². The van der Waals surface area contributed by atoms with E-state index in [-0.39, 0.29) is 5.91 Å². The lowest BCUT2D eigenvalue weighted by atomic mass is 10.1. The first-order valence-corrected chi connectivity index (χ1v) is 7.10. The molecule has 0 radical (unpaired) electrons. The standard InChI is InChI=1S/C17H21N3O/c1-19-17(21)14-9-10-16(15(18)12-14)20-11-5-8-13-6-3-2-4-7-13/h2-4,6-7,9-10,12,20H,5,8,11,18H2,1H3,(H,19,21). The summed E-state index contributed by atoms with van der Waals surface area (Å²) < 4.78 is 0. The van der Waals surface area contributed by atoms with Crippen molar-refractivity contribution < 1.29 is 4.79 Å². The van der Waals surface area contributed by atoms with Gasteiger partial charge in [-0.2, -0.15) is 0 Å². The topological polar surface area (TPSA) is 67.2 Å². The zero-order valence-electron chi connectivity index (χ0n) is 12.2. The van der Waals surface area contributed by atoms with Crippen LogP contribution in [0.2, 0.25) is 0 Å². The van der Waals surface area contributed by atoms with E-state index in [2.05, 4.69) is 34.9 Å². The van der Waals surface area contributed by atoms with Crippen molar-refractivity contribution >= 4 is 17.3 Å². The maximum absolute atomic E-state index is 11.5. The number of aryl methyl sites for hydroxylation is 1. The highest BCUT2D eigenvalue weighted by molar-refractivity contribution is 5.95. The first kappa shape index (κ1) is 14.9. The van der Waals surface area contributed by atoms with E-state index < -0.39 is 0 Å². The first-order chi connectivity index (χ1) is 10.2. The minimum atomic E-state index is -0.127. The zero-order valence-corrected chi connectivity index (χ0v) is 12.2. The molecule has 0 saturated heterocycles. The third-order valence-corrected chi connectivity index (χ3v) is 3.34. The Morgan fingerprint density at radius 1 is 1.14 bits per heavy atom. The lowest BCUT2D eigenvalue weighted by Crippen LogP contribution is -2.18. The number of nitrogen functional groups attached to an aromatic ring is 1. The van der Waals surface area contributed by atoms with Crippen molar-refractivity contribution in [1.82, 2.24) is 5.32 Å². The molecule has 0 bridgehead atoms. The van der Waals surface area contributed by atoms with Crippen molar-refractivity contribution in [2.45, 2.75) is 12.8 Å². The SMILES string of the molecule is CNC(=O)c1ccc(NCCCc2ccccc2)c(N)c1. The number of anilines is 2. The Kier molecular flexibility index (Phi) is 5.21. The van der Waals surface area contributed by atoms with Crippen LogP contribution in [0.25, 0.3) is 0 Å². The van der Waals surface area contributed by atoms with Gasteiger partial charge >= 0.3 is 0 Å². The summed E-state index contributed by atoms with van der Waals surface area (Å²) in [6.07, 6.45) is 2.06. The highest BCUT2D eigenvalue weighted by Crippen LogP contribution is 2.20. The molecule has 2 aromatic carbocycles. The molecular formula is C17H21N3O. The lowest BCUT2D eigenvalue weighted by molar-refractivity contribution is 0.0963. The third-order valence-electron chi connectivity index (χ3n) is 3.34. The number of nitrogens with one attached hydrogen (secondary N) is 2. The van der Waals surface area contributed by atoms with Crippen LogP contribution < -0.4 is 16.4 Å². The van der Waals surface area contributed by atoms with Gasteiger partial charge in [-0.3, -0.25) is 4.79 Å². The molecule has 110 valence electrons. The minimum absolute atomic E-state index is 0.127. The molecule has 0 spiro atoms. The van der Waals surface area contributed by atoms with Gasteiger partial charge in [-0.1, -0.05) is 30.3 Å². The molecule has 0 aromatic heterocycles. The molecule has 4 nitrogen and oxygen atoms in total. The molecule has 4 N–H and O–H groups in total. The molecule has 2 aromatic rings. The van der Waals surface area contributed by atoms with E-state index in [1.807, 2.05) is 12.1 Å². The molecule has 0 aliphatic carbocycles. The van der Waals surface area contributed by atoms with Gasteiger partial charge in [0.1, 0.15) is 0 Å². The van der Waals surface area contributed by atoms with Crippen molar-refractivity contribution in [3.63, 3.8) is 0 Å². The van der Waals surface area contributed by atoms with Gasteiger partial charge in [-0.15, -0.1) is 0 Å². The molecule has 2 rings (SSSR count). The molecule has 1 amide bonds. The fourth-order valence-corrected chi connectivity index (χ4v) is 2.17. The normalized spacial score (nSPS) is 10.1. The van der Waals surface area contributed by atoms with E-state index in [9.17, 15) is 4.79 Å². The minimum Gasteiger partial charge on any atom is -0.397 e. The Balaban J connectivity index is 1.85. The second-order valence-corrected chi connectivity index (χ2v) is 4.90. The van der Waals surface area contributed by atoms with Crippen LogP contribution in [0.4, 0.5) is 11.4 Å². The van der Waals surface area contributed by atoms with Gasteiger partial charge in [-0.05, 0) is 36.6 Å². The molecule has 0 heterocycles. The maximum Gasteiger partial charge on any atom is 0.251 e. The Morgan fingerprint density at radius 2 is 1.90 bits per heavy atom. The Morgan fingerprint density at radius 3 is 2.57 bits per heavy atom. The largest absolute Gasteiger partial charge is 0.397 e. The summed E-state index contributed by atoms with van der Waals surface area (Å²) in [5.41, 5.74) is 9.34. The smallest absolute Gasteiger partial charge is 0.251 e. The van der Waals surface area contributed by atoms with E-state index >= 15 is 0 Å². The summed E-state index contributed by atoms with van der Waals surface area (Å²) in [5.74, 6) is -0.127. The van der Waals surface area contributed by atoms with Gasteiger partial charge in [0.2, 0.25) is 0 Å². The van der Waals surface area contributed by atoms with Crippen molar-refractivity contribution in [3.05, 3.63) is 59.7 Å². The number of hydrogen-bond acceptors (Lipinski definition) is 3. The van der Waals surface area contributed by atoms with Crippen LogP contribution in [0.5, 0.6) is 0 Å². The number of rotatable bonds is 6. The molecule has 4 heteroatoms. The fraction of sp³-hybridized carbons (Fsp3) is 0.235. The summed E-state index contributed by atoms with van der Waals surface area (Å²) in [6, 6.07) is 15.7. The summed E-state index contributed by atoms with van der Waals surface area (Å²) in [6.45, 7) is 0.846. The predicted molar refractivity (Wildman–Crippen MR) is 87.5 cm³/mol. The predicted octanol–water partition coefficient (Wildman–Crippen LogP) is 2.67. The van der Waals surface area contributed by atoms with Gasteiger partial charge < -0.3 is 16.4 Å². The Labute approximate surface area is 125 Å². The first-order valence-electron chi connectivity index (χ1n) is 7.10. The average Bonchev–Trinajstić information content (AvgIpc) is 2.53. The van der Waals surface area contributed by atoms with Crippen LogP contribution in [0.15, 0.2) is 48.5 Å². The number of nitrogens with two attached hydrogens (primary N) is 1. The zero-order chi connectivity index (χ0) is 15.1. The second kappa shape index (κ2) is 7.33.